The van der Waals surface area contributed by atoms with E-state index >= 15 is 0 Å². The summed E-state index contributed by atoms with van der Waals surface area (Å²) in [4.78, 5) is 36.2. The van der Waals surface area contributed by atoms with E-state index in [4.69, 9.17) is 4.74 Å². The SMILES string of the molecule is Cc1cc(C)cc(OCC(=O)N2CC(=O)NC(=O)C2C)c1. The number of rotatable bonds is 3. The Morgan fingerprint density at radius 3 is 2.52 bits per heavy atom. The Morgan fingerprint density at radius 2 is 1.90 bits per heavy atom. The molecule has 1 atom stereocenters. The van der Waals surface area contributed by atoms with Crippen molar-refractivity contribution >= 4 is 17.7 Å². The fourth-order valence-corrected chi connectivity index (χ4v) is 2.26. The first kappa shape index (κ1) is 15.0. The third-order valence-electron chi connectivity index (χ3n) is 3.30. The molecule has 1 fully saturated rings. The molecule has 0 spiro atoms. The zero-order chi connectivity index (χ0) is 15.6. The van der Waals surface area contributed by atoms with Gasteiger partial charge in [-0.2, -0.15) is 0 Å². The predicted octanol–water partition coefficient (Wildman–Crippen LogP) is 0.556. The molecule has 0 saturated carbocycles. The molecule has 0 radical (unpaired) electrons. The fraction of sp³-hybridized carbons (Fsp3) is 0.400. The van der Waals surface area contributed by atoms with Gasteiger partial charge in [-0.1, -0.05) is 6.07 Å². The Hall–Kier alpha value is -2.37. The summed E-state index contributed by atoms with van der Waals surface area (Å²) in [5.41, 5.74) is 2.08. The van der Waals surface area contributed by atoms with Crippen LogP contribution in [0, 0.1) is 13.8 Å². The molecule has 1 N–H and O–H groups in total. The molecule has 1 aliphatic rings. The summed E-state index contributed by atoms with van der Waals surface area (Å²) in [6.07, 6.45) is 0. The van der Waals surface area contributed by atoms with Gasteiger partial charge in [-0.05, 0) is 44.0 Å². The lowest BCUT2D eigenvalue weighted by molar-refractivity contribution is -0.150. The van der Waals surface area contributed by atoms with Crippen LogP contribution < -0.4 is 10.1 Å². The van der Waals surface area contributed by atoms with Crippen molar-refractivity contribution in [2.45, 2.75) is 26.8 Å². The summed E-state index contributed by atoms with van der Waals surface area (Å²) in [7, 11) is 0. The highest BCUT2D eigenvalue weighted by molar-refractivity contribution is 6.04. The van der Waals surface area contributed by atoms with Crippen LogP contribution in [0.2, 0.25) is 0 Å². The second kappa shape index (κ2) is 5.95. The fourth-order valence-electron chi connectivity index (χ4n) is 2.26. The van der Waals surface area contributed by atoms with Gasteiger partial charge in [-0.3, -0.25) is 19.7 Å². The van der Waals surface area contributed by atoms with Crippen molar-refractivity contribution in [2.24, 2.45) is 0 Å². The van der Waals surface area contributed by atoms with Crippen LogP contribution in [0.1, 0.15) is 18.1 Å². The number of piperazine rings is 1. The smallest absolute Gasteiger partial charge is 0.261 e. The summed E-state index contributed by atoms with van der Waals surface area (Å²) >= 11 is 0. The van der Waals surface area contributed by atoms with Crippen LogP contribution >= 0.6 is 0 Å². The summed E-state index contributed by atoms with van der Waals surface area (Å²) < 4.78 is 5.47. The molecule has 1 aromatic carbocycles. The first-order chi connectivity index (χ1) is 9.86. The van der Waals surface area contributed by atoms with Crippen LogP contribution in [-0.2, 0) is 14.4 Å². The monoisotopic (exact) mass is 290 g/mol. The summed E-state index contributed by atoms with van der Waals surface area (Å²) in [6.45, 7) is 5.14. The highest BCUT2D eigenvalue weighted by atomic mass is 16.5. The van der Waals surface area contributed by atoms with Crippen LogP contribution in [0.25, 0.3) is 0 Å². The highest BCUT2D eigenvalue weighted by Gasteiger charge is 2.33. The molecule has 6 nitrogen and oxygen atoms in total. The number of amides is 3. The number of imide groups is 1. The Bertz CT molecular complexity index is 577. The molecule has 1 heterocycles. The summed E-state index contributed by atoms with van der Waals surface area (Å²) in [5.74, 6) is -0.727. The number of nitrogens with zero attached hydrogens (tertiary/aromatic N) is 1. The van der Waals surface area contributed by atoms with Crippen molar-refractivity contribution in [2.75, 3.05) is 13.2 Å². The Kier molecular flexibility index (Phi) is 4.26. The van der Waals surface area contributed by atoms with Crippen molar-refractivity contribution in [3.8, 4) is 5.75 Å². The minimum atomic E-state index is -0.668. The molecule has 2 rings (SSSR count). The second-order valence-electron chi connectivity index (χ2n) is 5.22. The molecule has 1 aromatic rings. The zero-order valence-electron chi connectivity index (χ0n) is 12.3. The summed E-state index contributed by atoms with van der Waals surface area (Å²) in [5, 5.41) is 2.19. The number of hydrogen-bond donors (Lipinski definition) is 1. The Labute approximate surface area is 123 Å². The first-order valence-electron chi connectivity index (χ1n) is 6.71. The van der Waals surface area contributed by atoms with E-state index in [1.165, 1.54) is 4.90 Å². The molecule has 112 valence electrons. The van der Waals surface area contributed by atoms with Gasteiger partial charge in [0.25, 0.3) is 5.91 Å². The molecular formula is C15H18N2O4. The predicted molar refractivity (Wildman–Crippen MR) is 75.7 cm³/mol. The van der Waals surface area contributed by atoms with Crippen LogP contribution in [0.4, 0.5) is 0 Å². The molecule has 0 aliphatic carbocycles. The third-order valence-corrected chi connectivity index (χ3v) is 3.30. The molecular weight excluding hydrogens is 272 g/mol. The van der Waals surface area contributed by atoms with E-state index in [2.05, 4.69) is 5.32 Å². The molecule has 21 heavy (non-hydrogen) atoms. The van der Waals surface area contributed by atoms with Gasteiger partial charge in [-0.15, -0.1) is 0 Å². The average Bonchev–Trinajstić information content (AvgIpc) is 2.39. The largest absolute Gasteiger partial charge is 0.484 e. The number of aryl methyl sites for hydroxylation is 2. The van der Waals surface area contributed by atoms with Gasteiger partial charge in [-0.25, -0.2) is 0 Å². The molecule has 1 aliphatic heterocycles. The third kappa shape index (κ3) is 3.59. The standard InChI is InChI=1S/C15H18N2O4/c1-9-4-10(2)6-12(5-9)21-8-14(19)17-7-13(18)16-15(20)11(17)3/h4-6,11H,7-8H2,1-3H3,(H,16,18,20). The highest BCUT2D eigenvalue weighted by Crippen LogP contribution is 2.16. The number of carbonyl (C=O) groups is 3. The van der Waals surface area contributed by atoms with Gasteiger partial charge in [0.1, 0.15) is 18.3 Å². The normalized spacial score (nSPS) is 18.4. The van der Waals surface area contributed by atoms with Crippen LogP contribution in [0.15, 0.2) is 18.2 Å². The molecule has 1 saturated heterocycles. The van der Waals surface area contributed by atoms with Crippen molar-refractivity contribution in [3.63, 3.8) is 0 Å². The molecule has 0 bridgehead atoms. The minimum absolute atomic E-state index is 0.123. The lowest BCUT2D eigenvalue weighted by Crippen LogP contribution is -2.59. The van der Waals surface area contributed by atoms with E-state index in [-0.39, 0.29) is 19.1 Å². The maximum absolute atomic E-state index is 12.1. The molecule has 3 amide bonds. The van der Waals surface area contributed by atoms with Gasteiger partial charge in [0.2, 0.25) is 11.8 Å². The van der Waals surface area contributed by atoms with Crippen LogP contribution in [0.3, 0.4) is 0 Å². The number of carbonyl (C=O) groups excluding carboxylic acids is 3. The van der Waals surface area contributed by atoms with E-state index in [0.717, 1.165) is 11.1 Å². The van der Waals surface area contributed by atoms with Crippen molar-refractivity contribution in [1.29, 1.82) is 0 Å². The van der Waals surface area contributed by atoms with Crippen LogP contribution in [0.5, 0.6) is 5.75 Å². The number of nitrogens with one attached hydrogen (secondary N) is 1. The van der Waals surface area contributed by atoms with Gasteiger partial charge < -0.3 is 9.64 Å². The van der Waals surface area contributed by atoms with Gasteiger partial charge in [0.15, 0.2) is 6.61 Å². The number of hydrogen-bond acceptors (Lipinski definition) is 4. The lowest BCUT2D eigenvalue weighted by Gasteiger charge is -2.31. The quantitative estimate of drug-likeness (QED) is 0.825. The van der Waals surface area contributed by atoms with Crippen molar-refractivity contribution in [3.05, 3.63) is 29.3 Å². The van der Waals surface area contributed by atoms with E-state index in [9.17, 15) is 14.4 Å². The first-order valence-corrected chi connectivity index (χ1v) is 6.71. The molecule has 1 unspecified atom stereocenters. The van der Waals surface area contributed by atoms with E-state index in [1.807, 2.05) is 32.0 Å². The lowest BCUT2D eigenvalue weighted by atomic mass is 10.1. The molecule has 6 heteroatoms. The van der Waals surface area contributed by atoms with Crippen LogP contribution in [-0.4, -0.2) is 41.8 Å². The van der Waals surface area contributed by atoms with E-state index in [1.54, 1.807) is 6.92 Å². The van der Waals surface area contributed by atoms with Crippen molar-refractivity contribution in [1.82, 2.24) is 10.2 Å². The van der Waals surface area contributed by atoms with Gasteiger partial charge in [0.05, 0.1) is 0 Å². The topological polar surface area (TPSA) is 75.7 Å². The van der Waals surface area contributed by atoms with E-state index < -0.39 is 17.9 Å². The maximum atomic E-state index is 12.1. The number of ether oxygens (including phenoxy) is 1. The summed E-state index contributed by atoms with van der Waals surface area (Å²) in [6, 6.07) is 5.00. The Morgan fingerprint density at radius 1 is 1.29 bits per heavy atom. The van der Waals surface area contributed by atoms with Gasteiger partial charge in [0, 0.05) is 0 Å². The Balaban J connectivity index is 2.00. The average molecular weight is 290 g/mol. The van der Waals surface area contributed by atoms with Crippen molar-refractivity contribution < 1.29 is 19.1 Å². The second-order valence-corrected chi connectivity index (χ2v) is 5.22. The van der Waals surface area contributed by atoms with Gasteiger partial charge >= 0.3 is 0 Å². The zero-order valence-corrected chi connectivity index (χ0v) is 12.3. The number of benzene rings is 1. The van der Waals surface area contributed by atoms with E-state index in [0.29, 0.717) is 5.75 Å². The maximum Gasteiger partial charge on any atom is 0.261 e. The molecule has 0 aromatic heterocycles. The minimum Gasteiger partial charge on any atom is -0.484 e.